The SMILES string of the molecule is CNc1nc(N2CCCC(C)C2C)c2ccccc2n1. The van der Waals surface area contributed by atoms with Gasteiger partial charge in [-0.25, -0.2) is 4.98 Å². The number of hydrogen-bond donors (Lipinski definition) is 1. The van der Waals surface area contributed by atoms with Crippen LogP contribution in [0.15, 0.2) is 24.3 Å². The number of fused-ring (bicyclic) bond motifs is 1. The Hall–Kier alpha value is -1.84. The lowest BCUT2D eigenvalue weighted by Gasteiger charge is -2.39. The van der Waals surface area contributed by atoms with E-state index in [1.807, 2.05) is 13.1 Å². The van der Waals surface area contributed by atoms with Gasteiger partial charge in [-0.3, -0.25) is 0 Å². The molecule has 0 amide bonds. The number of piperidine rings is 1. The average molecular weight is 270 g/mol. The van der Waals surface area contributed by atoms with Crippen molar-refractivity contribution in [3.05, 3.63) is 24.3 Å². The van der Waals surface area contributed by atoms with Crippen LogP contribution in [0.1, 0.15) is 26.7 Å². The Morgan fingerprint density at radius 2 is 2.00 bits per heavy atom. The molecule has 1 aliphatic heterocycles. The molecule has 1 N–H and O–H groups in total. The molecule has 1 fully saturated rings. The number of rotatable bonds is 2. The van der Waals surface area contributed by atoms with Crippen LogP contribution in [0.5, 0.6) is 0 Å². The van der Waals surface area contributed by atoms with Crippen LogP contribution in [0, 0.1) is 5.92 Å². The van der Waals surface area contributed by atoms with E-state index in [4.69, 9.17) is 4.98 Å². The van der Waals surface area contributed by atoms with Crippen molar-refractivity contribution in [3.63, 3.8) is 0 Å². The van der Waals surface area contributed by atoms with E-state index in [-0.39, 0.29) is 0 Å². The summed E-state index contributed by atoms with van der Waals surface area (Å²) in [5.74, 6) is 2.47. The maximum Gasteiger partial charge on any atom is 0.224 e. The Balaban J connectivity index is 2.13. The number of aromatic nitrogens is 2. The molecule has 0 aliphatic carbocycles. The molecule has 1 saturated heterocycles. The highest BCUT2D eigenvalue weighted by Crippen LogP contribution is 2.32. The van der Waals surface area contributed by atoms with E-state index < -0.39 is 0 Å². The quantitative estimate of drug-likeness (QED) is 0.909. The molecule has 1 aromatic heterocycles. The van der Waals surface area contributed by atoms with Gasteiger partial charge in [0, 0.05) is 25.0 Å². The summed E-state index contributed by atoms with van der Waals surface area (Å²) >= 11 is 0. The van der Waals surface area contributed by atoms with Gasteiger partial charge in [-0.1, -0.05) is 19.1 Å². The molecule has 2 aromatic rings. The fraction of sp³-hybridized carbons (Fsp3) is 0.500. The molecule has 2 heterocycles. The second kappa shape index (κ2) is 5.27. The van der Waals surface area contributed by atoms with Gasteiger partial charge in [0.2, 0.25) is 5.95 Å². The molecule has 106 valence electrons. The molecule has 2 unspecified atom stereocenters. The summed E-state index contributed by atoms with van der Waals surface area (Å²) in [7, 11) is 1.87. The van der Waals surface area contributed by atoms with Crippen LogP contribution in [0.25, 0.3) is 10.9 Å². The molecule has 2 atom stereocenters. The summed E-state index contributed by atoms with van der Waals surface area (Å²) in [4.78, 5) is 11.7. The smallest absolute Gasteiger partial charge is 0.224 e. The molecule has 0 bridgehead atoms. The second-order valence-corrected chi connectivity index (χ2v) is 5.69. The minimum absolute atomic E-state index is 0.520. The molecule has 20 heavy (non-hydrogen) atoms. The number of benzene rings is 1. The zero-order valence-corrected chi connectivity index (χ0v) is 12.4. The van der Waals surface area contributed by atoms with Crippen LogP contribution in [-0.2, 0) is 0 Å². The Morgan fingerprint density at radius 3 is 2.80 bits per heavy atom. The van der Waals surface area contributed by atoms with Crippen molar-refractivity contribution in [2.24, 2.45) is 5.92 Å². The van der Waals surface area contributed by atoms with Crippen LogP contribution >= 0.6 is 0 Å². The predicted octanol–water partition coefficient (Wildman–Crippen LogP) is 3.30. The topological polar surface area (TPSA) is 41.1 Å². The Labute approximate surface area is 120 Å². The Kier molecular flexibility index (Phi) is 3.47. The van der Waals surface area contributed by atoms with Crippen molar-refractivity contribution in [3.8, 4) is 0 Å². The number of hydrogen-bond acceptors (Lipinski definition) is 4. The van der Waals surface area contributed by atoms with E-state index in [9.17, 15) is 0 Å². The first-order valence-electron chi connectivity index (χ1n) is 7.42. The number of para-hydroxylation sites is 1. The third-order valence-electron chi connectivity index (χ3n) is 4.45. The molecule has 0 saturated carbocycles. The lowest BCUT2D eigenvalue weighted by atomic mass is 9.92. The van der Waals surface area contributed by atoms with Crippen molar-refractivity contribution < 1.29 is 0 Å². The molecule has 1 aliphatic rings. The van der Waals surface area contributed by atoms with Crippen molar-refractivity contribution >= 4 is 22.7 Å². The van der Waals surface area contributed by atoms with Crippen molar-refractivity contribution in [1.29, 1.82) is 0 Å². The first-order chi connectivity index (χ1) is 9.70. The van der Waals surface area contributed by atoms with Gasteiger partial charge in [0.05, 0.1) is 5.52 Å². The van der Waals surface area contributed by atoms with E-state index in [0.29, 0.717) is 17.9 Å². The summed E-state index contributed by atoms with van der Waals surface area (Å²) in [5.41, 5.74) is 1.01. The predicted molar refractivity (Wildman–Crippen MR) is 84.3 cm³/mol. The summed E-state index contributed by atoms with van der Waals surface area (Å²) in [6.45, 7) is 5.72. The summed E-state index contributed by atoms with van der Waals surface area (Å²) in [6, 6.07) is 8.79. The zero-order chi connectivity index (χ0) is 14.1. The Morgan fingerprint density at radius 1 is 1.20 bits per heavy atom. The van der Waals surface area contributed by atoms with E-state index >= 15 is 0 Å². The van der Waals surface area contributed by atoms with Gasteiger partial charge in [-0.05, 0) is 37.8 Å². The number of nitrogens with zero attached hydrogens (tertiary/aromatic N) is 3. The number of anilines is 2. The van der Waals surface area contributed by atoms with Gasteiger partial charge in [0.15, 0.2) is 0 Å². The van der Waals surface area contributed by atoms with Crippen LogP contribution in [0.2, 0.25) is 0 Å². The maximum atomic E-state index is 4.73. The van der Waals surface area contributed by atoms with Gasteiger partial charge < -0.3 is 10.2 Å². The third-order valence-corrected chi connectivity index (χ3v) is 4.45. The fourth-order valence-corrected chi connectivity index (χ4v) is 3.03. The highest BCUT2D eigenvalue weighted by Gasteiger charge is 2.27. The lowest BCUT2D eigenvalue weighted by molar-refractivity contribution is 0.362. The van der Waals surface area contributed by atoms with Crippen LogP contribution < -0.4 is 10.2 Å². The van der Waals surface area contributed by atoms with Gasteiger partial charge in [-0.15, -0.1) is 0 Å². The molecule has 3 rings (SSSR count). The van der Waals surface area contributed by atoms with Gasteiger partial charge in [-0.2, -0.15) is 4.98 Å². The van der Waals surface area contributed by atoms with Gasteiger partial charge >= 0.3 is 0 Å². The highest BCUT2D eigenvalue weighted by molar-refractivity contribution is 5.90. The maximum absolute atomic E-state index is 4.73. The molecule has 0 radical (unpaired) electrons. The first kappa shape index (κ1) is 13.2. The van der Waals surface area contributed by atoms with E-state index in [1.165, 1.54) is 12.8 Å². The minimum atomic E-state index is 0.520. The Bertz CT molecular complexity index is 610. The second-order valence-electron chi connectivity index (χ2n) is 5.69. The summed E-state index contributed by atoms with van der Waals surface area (Å²) in [5, 5.41) is 4.22. The van der Waals surface area contributed by atoms with Crippen molar-refractivity contribution in [2.45, 2.75) is 32.7 Å². The normalized spacial score (nSPS) is 23.1. The van der Waals surface area contributed by atoms with Crippen molar-refractivity contribution in [2.75, 3.05) is 23.8 Å². The van der Waals surface area contributed by atoms with E-state index in [1.54, 1.807) is 0 Å². The molecular formula is C16H22N4. The molecule has 0 spiro atoms. The molecule has 1 aromatic carbocycles. The van der Waals surface area contributed by atoms with Crippen LogP contribution in [0.3, 0.4) is 0 Å². The van der Waals surface area contributed by atoms with Crippen LogP contribution in [0.4, 0.5) is 11.8 Å². The minimum Gasteiger partial charge on any atom is -0.357 e. The van der Waals surface area contributed by atoms with E-state index in [0.717, 1.165) is 23.3 Å². The monoisotopic (exact) mass is 270 g/mol. The van der Waals surface area contributed by atoms with Crippen molar-refractivity contribution in [1.82, 2.24) is 9.97 Å². The molecule has 4 heteroatoms. The van der Waals surface area contributed by atoms with Gasteiger partial charge in [0.1, 0.15) is 5.82 Å². The standard InChI is InChI=1S/C16H22N4/c1-11-7-6-10-20(12(11)2)15-13-8-4-5-9-14(13)18-16(17-3)19-15/h4-5,8-9,11-12H,6-7,10H2,1-3H3,(H,17,18,19). The fourth-order valence-electron chi connectivity index (χ4n) is 3.03. The zero-order valence-electron chi connectivity index (χ0n) is 12.4. The molecular weight excluding hydrogens is 248 g/mol. The number of nitrogens with one attached hydrogen (secondary N) is 1. The van der Waals surface area contributed by atoms with Crippen LogP contribution in [-0.4, -0.2) is 29.6 Å². The van der Waals surface area contributed by atoms with Gasteiger partial charge in [0.25, 0.3) is 0 Å². The highest BCUT2D eigenvalue weighted by atomic mass is 15.2. The van der Waals surface area contributed by atoms with E-state index in [2.05, 4.69) is 47.2 Å². The third kappa shape index (κ3) is 2.19. The lowest BCUT2D eigenvalue weighted by Crippen LogP contribution is -2.43. The summed E-state index contributed by atoms with van der Waals surface area (Å²) < 4.78 is 0. The molecule has 4 nitrogen and oxygen atoms in total. The first-order valence-corrected chi connectivity index (χ1v) is 7.42. The summed E-state index contributed by atoms with van der Waals surface area (Å²) in [6.07, 6.45) is 2.54. The largest absolute Gasteiger partial charge is 0.357 e. The average Bonchev–Trinajstić information content (AvgIpc) is 2.49.